The van der Waals surface area contributed by atoms with Crippen molar-refractivity contribution in [3.05, 3.63) is 70.3 Å². The summed E-state index contributed by atoms with van der Waals surface area (Å²) in [6, 6.07) is 12.4. The fraction of sp³-hybridized carbons (Fsp3) is 0.125. The van der Waals surface area contributed by atoms with Gasteiger partial charge in [-0.3, -0.25) is 10.1 Å². The molecule has 0 aromatic heterocycles. The minimum atomic E-state index is -0.399. The Labute approximate surface area is 123 Å². The van der Waals surface area contributed by atoms with Crippen LogP contribution in [-0.2, 0) is 6.54 Å². The van der Waals surface area contributed by atoms with E-state index in [0.29, 0.717) is 17.8 Å². The van der Waals surface area contributed by atoms with Crippen LogP contribution < -0.4 is 10.1 Å². The largest absolute Gasteiger partial charge is 0.497 e. The first-order chi connectivity index (χ1) is 10.2. The standard InChI is InChI=1S/C16H16N2O3/c1-3-13-5-4-6-15(18(19)20)16(13)17-11-12-7-9-14(21-2)10-8-12/h3-10,17H,1,11H2,2H3. The molecule has 2 rings (SSSR count). The van der Waals surface area contributed by atoms with Crippen molar-refractivity contribution < 1.29 is 9.66 Å². The molecule has 0 radical (unpaired) electrons. The van der Waals surface area contributed by atoms with Crippen LogP contribution in [0.15, 0.2) is 49.0 Å². The molecular weight excluding hydrogens is 268 g/mol. The summed E-state index contributed by atoms with van der Waals surface area (Å²) in [7, 11) is 1.61. The van der Waals surface area contributed by atoms with Gasteiger partial charge < -0.3 is 10.1 Å². The quantitative estimate of drug-likeness (QED) is 0.646. The van der Waals surface area contributed by atoms with Crippen molar-refractivity contribution in [2.75, 3.05) is 12.4 Å². The number of methoxy groups -OCH3 is 1. The van der Waals surface area contributed by atoms with Gasteiger partial charge in [0, 0.05) is 18.2 Å². The normalized spacial score (nSPS) is 9.95. The molecule has 0 amide bonds. The maximum atomic E-state index is 11.1. The lowest BCUT2D eigenvalue weighted by atomic mass is 10.1. The van der Waals surface area contributed by atoms with E-state index in [0.717, 1.165) is 11.3 Å². The lowest BCUT2D eigenvalue weighted by Crippen LogP contribution is -2.04. The highest BCUT2D eigenvalue weighted by Crippen LogP contribution is 2.29. The molecular formula is C16H16N2O3. The van der Waals surface area contributed by atoms with Gasteiger partial charge >= 0.3 is 0 Å². The summed E-state index contributed by atoms with van der Waals surface area (Å²) < 4.78 is 5.10. The molecule has 1 N–H and O–H groups in total. The van der Waals surface area contributed by atoms with Crippen LogP contribution in [0.2, 0.25) is 0 Å². The molecule has 0 unspecified atom stereocenters. The highest BCUT2D eigenvalue weighted by atomic mass is 16.6. The molecule has 0 fully saturated rings. The number of nitro benzene ring substituents is 1. The molecule has 0 saturated heterocycles. The van der Waals surface area contributed by atoms with Gasteiger partial charge in [-0.1, -0.05) is 36.9 Å². The van der Waals surface area contributed by atoms with E-state index in [-0.39, 0.29) is 5.69 Å². The Morgan fingerprint density at radius 3 is 2.57 bits per heavy atom. The van der Waals surface area contributed by atoms with Crippen molar-refractivity contribution >= 4 is 17.5 Å². The second-order valence-corrected chi connectivity index (χ2v) is 4.40. The van der Waals surface area contributed by atoms with E-state index in [1.165, 1.54) is 6.07 Å². The Morgan fingerprint density at radius 1 is 1.29 bits per heavy atom. The fourth-order valence-corrected chi connectivity index (χ4v) is 2.01. The molecule has 0 aliphatic rings. The van der Waals surface area contributed by atoms with Gasteiger partial charge in [0.05, 0.1) is 12.0 Å². The Bertz CT molecular complexity index is 651. The number of nitrogens with zero attached hydrogens (tertiary/aromatic N) is 1. The zero-order chi connectivity index (χ0) is 15.2. The summed E-state index contributed by atoms with van der Waals surface area (Å²) in [4.78, 5) is 10.7. The van der Waals surface area contributed by atoms with Crippen LogP contribution in [0.3, 0.4) is 0 Å². The van der Waals surface area contributed by atoms with Crippen molar-refractivity contribution in [1.82, 2.24) is 0 Å². The Hall–Kier alpha value is -2.82. The number of anilines is 1. The molecule has 0 saturated carbocycles. The van der Waals surface area contributed by atoms with Gasteiger partial charge in [0.2, 0.25) is 0 Å². The number of rotatable bonds is 6. The van der Waals surface area contributed by atoms with E-state index >= 15 is 0 Å². The first-order valence-corrected chi connectivity index (χ1v) is 6.42. The Balaban J connectivity index is 2.22. The van der Waals surface area contributed by atoms with Crippen molar-refractivity contribution in [3.8, 4) is 5.75 Å². The van der Waals surface area contributed by atoms with Crippen LogP contribution in [0.4, 0.5) is 11.4 Å². The van der Waals surface area contributed by atoms with E-state index in [1.807, 2.05) is 24.3 Å². The average Bonchev–Trinajstić information content (AvgIpc) is 2.52. The van der Waals surface area contributed by atoms with Crippen LogP contribution >= 0.6 is 0 Å². The third-order valence-electron chi connectivity index (χ3n) is 3.12. The minimum absolute atomic E-state index is 0.0425. The number of nitrogens with one attached hydrogen (secondary N) is 1. The maximum absolute atomic E-state index is 11.1. The van der Waals surface area contributed by atoms with Gasteiger partial charge in [0.25, 0.3) is 5.69 Å². The van der Waals surface area contributed by atoms with Gasteiger partial charge in [-0.25, -0.2) is 0 Å². The zero-order valence-electron chi connectivity index (χ0n) is 11.7. The van der Waals surface area contributed by atoms with Crippen LogP contribution in [0, 0.1) is 10.1 Å². The molecule has 0 aliphatic carbocycles. The van der Waals surface area contributed by atoms with Crippen LogP contribution in [-0.4, -0.2) is 12.0 Å². The molecule has 108 valence electrons. The second kappa shape index (κ2) is 6.56. The Kier molecular flexibility index (Phi) is 4.56. The van der Waals surface area contributed by atoms with Crippen molar-refractivity contribution in [1.29, 1.82) is 0 Å². The summed E-state index contributed by atoms with van der Waals surface area (Å²) in [6.45, 7) is 4.17. The molecule has 0 bridgehead atoms. The summed E-state index contributed by atoms with van der Waals surface area (Å²) in [6.07, 6.45) is 1.60. The van der Waals surface area contributed by atoms with Crippen molar-refractivity contribution in [2.24, 2.45) is 0 Å². The number of hydrogen-bond acceptors (Lipinski definition) is 4. The third kappa shape index (κ3) is 3.39. The smallest absolute Gasteiger partial charge is 0.292 e. The zero-order valence-corrected chi connectivity index (χ0v) is 11.7. The summed E-state index contributed by atoms with van der Waals surface area (Å²) >= 11 is 0. The van der Waals surface area contributed by atoms with Gasteiger partial charge in [-0.05, 0) is 17.7 Å². The third-order valence-corrected chi connectivity index (χ3v) is 3.12. The van der Waals surface area contributed by atoms with Gasteiger partial charge in [0.15, 0.2) is 0 Å². The summed E-state index contributed by atoms with van der Waals surface area (Å²) in [5.41, 5.74) is 2.23. The Morgan fingerprint density at radius 2 is 2.00 bits per heavy atom. The number of nitro groups is 1. The number of ether oxygens (including phenoxy) is 1. The lowest BCUT2D eigenvalue weighted by molar-refractivity contribution is -0.384. The van der Waals surface area contributed by atoms with E-state index in [4.69, 9.17) is 4.74 Å². The van der Waals surface area contributed by atoms with Gasteiger partial charge in [-0.2, -0.15) is 0 Å². The number of hydrogen-bond donors (Lipinski definition) is 1. The van der Waals surface area contributed by atoms with Crippen molar-refractivity contribution in [2.45, 2.75) is 6.54 Å². The molecule has 0 heterocycles. The van der Waals surface area contributed by atoms with Gasteiger partial charge in [-0.15, -0.1) is 0 Å². The van der Waals surface area contributed by atoms with E-state index in [9.17, 15) is 10.1 Å². The molecule has 2 aromatic rings. The number of benzene rings is 2. The monoisotopic (exact) mass is 284 g/mol. The first kappa shape index (κ1) is 14.6. The van der Waals surface area contributed by atoms with Crippen LogP contribution in [0.5, 0.6) is 5.75 Å². The maximum Gasteiger partial charge on any atom is 0.292 e. The second-order valence-electron chi connectivity index (χ2n) is 4.40. The first-order valence-electron chi connectivity index (χ1n) is 6.42. The molecule has 0 aliphatic heterocycles. The van der Waals surface area contributed by atoms with Gasteiger partial charge in [0.1, 0.15) is 11.4 Å². The summed E-state index contributed by atoms with van der Waals surface area (Å²) in [5, 5.41) is 14.2. The van der Waals surface area contributed by atoms with Crippen LogP contribution in [0.25, 0.3) is 6.08 Å². The van der Waals surface area contributed by atoms with Crippen molar-refractivity contribution in [3.63, 3.8) is 0 Å². The molecule has 21 heavy (non-hydrogen) atoms. The highest BCUT2D eigenvalue weighted by Gasteiger charge is 2.15. The average molecular weight is 284 g/mol. The fourth-order valence-electron chi connectivity index (χ4n) is 2.01. The molecule has 2 aromatic carbocycles. The van der Waals surface area contributed by atoms with E-state index < -0.39 is 4.92 Å². The SMILES string of the molecule is C=Cc1cccc([N+](=O)[O-])c1NCc1ccc(OC)cc1. The molecule has 0 atom stereocenters. The molecule has 5 heteroatoms. The molecule has 5 nitrogen and oxygen atoms in total. The summed E-state index contributed by atoms with van der Waals surface area (Å²) in [5.74, 6) is 0.774. The highest BCUT2D eigenvalue weighted by molar-refractivity contribution is 5.74. The predicted octanol–water partition coefficient (Wildman–Crippen LogP) is 3.86. The number of para-hydroxylation sites is 1. The van der Waals surface area contributed by atoms with E-state index in [1.54, 1.807) is 25.3 Å². The lowest BCUT2D eigenvalue weighted by Gasteiger charge is -2.10. The minimum Gasteiger partial charge on any atom is -0.497 e. The molecule has 0 spiro atoms. The topological polar surface area (TPSA) is 64.4 Å². The van der Waals surface area contributed by atoms with E-state index in [2.05, 4.69) is 11.9 Å². The van der Waals surface area contributed by atoms with Crippen LogP contribution in [0.1, 0.15) is 11.1 Å². The predicted molar refractivity (Wildman–Crippen MR) is 83.5 cm³/mol.